The first kappa shape index (κ1) is 25.5. The van der Waals surface area contributed by atoms with Gasteiger partial charge in [-0.2, -0.15) is 13.2 Å². The van der Waals surface area contributed by atoms with Gasteiger partial charge in [-0.25, -0.2) is 4.79 Å². The van der Waals surface area contributed by atoms with Crippen molar-refractivity contribution in [2.45, 2.75) is 31.9 Å². The number of rotatable bonds is 2. The minimum atomic E-state index is -5.08. The Balaban J connectivity index is 0.000000383. The Labute approximate surface area is 195 Å². The maximum Gasteiger partial charge on any atom is 0.490 e. The molecule has 2 atom stereocenters. The van der Waals surface area contributed by atoms with Crippen molar-refractivity contribution in [2.24, 2.45) is 16.7 Å². The predicted octanol–water partition coefficient (Wildman–Crippen LogP) is 3.03. The lowest BCUT2D eigenvalue weighted by molar-refractivity contribution is -0.192. The number of likely N-dealkylation sites (tertiary alicyclic amines) is 2. The minimum absolute atomic E-state index is 0.173. The van der Waals surface area contributed by atoms with E-state index in [9.17, 15) is 22.8 Å². The predicted molar refractivity (Wildman–Crippen MR) is 117 cm³/mol. The Morgan fingerprint density at radius 1 is 1.15 bits per heavy atom. The average molecular weight is 490 g/mol. The summed E-state index contributed by atoms with van der Waals surface area (Å²) in [6.45, 7) is 3.54. The molecule has 1 saturated carbocycles. The highest BCUT2D eigenvalue weighted by atomic mass is 32.1. The number of halogens is 3. The van der Waals surface area contributed by atoms with E-state index in [1.54, 1.807) is 4.90 Å². The molecule has 1 aromatic rings. The number of hydrogen-bond acceptors (Lipinski definition) is 5. The highest BCUT2D eigenvalue weighted by Gasteiger charge is 2.64. The molecule has 11 heteroatoms. The van der Waals surface area contributed by atoms with Crippen LogP contribution in [0.5, 0.6) is 0 Å². The van der Waals surface area contributed by atoms with E-state index in [4.69, 9.17) is 9.90 Å². The molecule has 2 amide bonds. The van der Waals surface area contributed by atoms with Gasteiger partial charge in [0.05, 0.1) is 10.3 Å². The number of alkyl halides is 3. The number of carbonyl (C=O) groups is 3. The molecule has 33 heavy (non-hydrogen) atoms. The van der Waals surface area contributed by atoms with Crippen LogP contribution in [0.1, 0.15) is 35.4 Å². The molecule has 0 bridgehead atoms. The number of carbonyl (C=O) groups excluding carboxylic acids is 2. The Morgan fingerprint density at radius 2 is 1.76 bits per heavy atom. The summed E-state index contributed by atoms with van der Waals surface area (Å²) < 4.78 is 31.7. The summed E-state index contributed by atoms with van der Waals surface area (Å²) >= 11 is 1.52. The van der Waals surface area contributed by atoms with Crippen molar-refractivity contribution in [2.75, 3.05) is 47.3 Å². The zero-order valence-electron chi connectivity index (χ0n) is 19.0. The van der Waals surface area contributed by atoms with E-state index in [1.807, 2.05) is 36.5 Å². The third kappa shape index (κ3) is 4.89. The summed E-state index contributed by atoms with van der Waals surface area (Å²) in [5, 5.41) is 9.09. The van der Waals surface area contributed by atoms with Gasteiger partial charge in [-0.05, 0) is 55.5 Å². The molecular weight excluding hydrogens is 459 g/mol. The number of piperidine rings is 1. The van der Waals surface area contributed by atoms with Crippen molar-refractivity contribution < 1.29 is 32.7 Å². The van der Waals surface area contributed by atoms with Crippen LogP contribution < -0.4 is 0 Å². The Kier molecular flexibility index (Phi) is 7.14. The molecular formula is C22H30F3N3O4S. The quantitative estimate of drug-likeness (QED) is 0.691. The van der Waals surface area contributed by atoms with Crippen LogP contribution in [0.15, 0.2) is 17.5 Å². The van der Waals surface area contributed by atoms with Gasteiger partial charge in [0.15, 0.2) is 0 Å². The molecule has 1 N–H and O–H groups in total. The van der Waals surface area contributed by atoms with Crippen LogP contribution in [0.2, 0.25) is 0 Å². The zero-order valence-corrected chi connectivity index (χ0v) is 19.8. The standard InChI is InChI=1S/C20H29N3O2S.C2HF3O2/c1-21(2)18(25)20-7-6-19(16(20)13-22(3)14-20)8-10-23(11-9-19)17(24)15-5-4-12-26-15;3-2(4,5)1(6)7/h4-5,12,16H,6-11,13-14H2,1-3H3;(H,6,7)/t16-,20+;/m0./s1. The lowest BCUT2D eigenvalue weighted by atomic mass is 9.65. The molecule has 4 rings (SSSR count). The van der Waals surface area contributed by atoms with Gasteiger partial charge in [0, 0.05) is 40.3 Å². The average Bonchev–Trinajstić information content (AvgIpc) is 3.45. The smallest absolute Gasteiger partial charge is 0.475 e. The van der Waals surface area contributed by atoms with E-state index in [1.165, 1.54) is 11.3 Å². The molecule has 1 aromatic heterocycles. The number of amides is 2. The van der Waals surface area contributed by atoms with Crippen LogP contribution in [0.25, 0.3) is 0 Å². The lowest BCUT2D eigenvalue weighted by Gasteiger charge is -2.44. The molecule has 7 nitrogen and oxygen atoms in total. The highest BCUT2D eigenvalue weighted by Crippen LogP contribution is 2.62. The molecule has 0 unspecified atom stereocenters. The Morgan fingerprint density at radius 3 is 2.24 bits per heavy atom. The fraction of sp³-hybridized carbons (Fsp3) is 0.682. The maximum absolute atomic E-state index is 13.1. The molecule has 184 valence electrons. The number of nitrogens with zero attached hydrogens (tertiary/aromatic N) is 3. The first-order valence-electron chi connectivity index (χ1n) is 10.9. The van der Waals surface area contributed by atoms with Crippen molar-refractivity contribution in [3.63, 3.8) is 0 Å². The van der Waals surface area contributed by atoms with Gasteiger partial charge in [-0.3, -0.25) is 9.59 Å². The van der Waals surface area contributed by atoms with Crippen LogP contribution in [0.4, 0.5) is 13.2 Å². The normalized spacial score (nSPS) is 26.5. The van der Waals surface area contributed by atoms with E-state index >= 15 is 0 Å². The first-order chi connectivity index (χ1) is 15.3. The molecule has 2 aliphatic heterocycles. The van der Waals surface area contributed by atoms with Gasteiger partial charge in [0.1, 0.15) is 0 Å². The van der Waals surface area contributed by atoms with Gasteiger partial charge < -0.3 is 19.8 Å². The molecule has 3 heterocycles. The number of aliphatic carboxylic acids is 1. The van der Waals surface area contributed by atoms with Gasteiger partial charge in [0.2, 0.25) is 5.91 Å². The summed E-state index contributed by atoms with van der Waals surface area (Å²) in [7, 11) is 5.92. The van der Waals surface area contributed by atoms with Crippen LogP contribution in [-0.2, 0) is 9.59 Å². The Bertz CT molecular complexity index is 882. The second-order valence-corrected chi connectivity index (χ2v) is 10.5. The summed E-state index contributed by atoms with van der Waals surface area (Å²) in [5.74, 6) is -1.85. The number of thiophene rings is 1. The minimum Gasteiger partial charge on any atom is -0.475 e. The lowest BCUT2D eigenvalue weighted by Crippen LogP contribution is -2.49. The zero-order chi connectivity index (χ0) is 24.6. The molecule has 0 radical (unpaired) electrons. The number of fused-ring (bicyclic) bond motifs is 2. The van der Waals surface area contributed by atoms with E-state index in [2.05, 4.69) is 11.9 Å². The topological polar surface area (TPSA) is 81.2 Å². The number of carboxylic acid groups (broad SMARTS) is 1. The molecule has 2 saturated heterocycles. The molecule has 1 aliphatic carbocycles. The third-order valence-corrected chi connectivity index (χ3v) is 8.23. The van der Waals surface area contributed by atoms with E-state index in [-0.39, 0.29) is 16.7 Å². The SMILES string of the molecule is CN1C[C@H]2C3(CCN(C(=O)c4cccs4)CC3)CC[C@@]2(C(=O)N(C)C)C1.O=C(O)C(F)(F)F. The fourth-order valence-electron chi connectivity index (χ4n) is 5.90. The van der Waals surface area contributed by atoms with Gasteiger partial charge in [-0.15, -0.1) is 11.3 Å². The van der Waals surface area contributed by atoms with Gasteiger partial charge in [0.25, 0.3) is 5.91 Å². The molecule has 3 aliphatic rings. The maximum atomic E-state index is 13.1. The molecule has 3 fully saturated rings. The summed E-state index contributed by atoms with van der Waals surface area (Å²) in [4.78, 5) is 41.6. The van der Waals surface area contributed by atoms with Gasteiger partial charge in [-0.1, -0.05) is 6.07 Å². The second-order valence-electron chi connectivity index (χ2n) is 9.54. The molecule has 0 aromatic carbocycles. The number of hydrogen-bond donors (Lipinski definition) is 1. The second kappa shape index (κ2) is 9.25. The van der Waals surface area contributed by atoms with Crippen molar-refractivity contribution in [3.8, 4) is 0 Å². The first-order valence-corrected chi connectivity index (χ1v) is 11.7. The highest BCUT2D eigenvalue weighted by molar-refractivity contribution is 7.12. The van der Waals surface area contributed by atoms with Gasteiger partial charge >= 0.3 is 12.1 Å². The fourth-order valence-corrected chi connectivity index (χ4v) is 6.59. The van der Waals surface area contributed by atoms with Crippen molar-refractivity contribution in [1.82, 2.24) is 14.7 Å². The van der Waals surface area contributed by atoms with Crippen LogP contribution in [-0.4, -0.2) is 91.1 Å². The number of carboxylic acids is 1. The van der Waals surface area contributed by atoms with Crippen molar-refractivity contribution in [1.29, 1.82) is 0 Å². The summed E-state index contributed by atoms with van der Waals surface area (Å²) in [5.41, 5.74) is 0.0147. The van der Waals surface area contributed by atoms with Crippen LogP contribution in [0, 0.1) is 16.7 Å². The van der Waals surface area contributed by atoms with E-state index < -0.39 is 12.1 Å². The van der Waals surface area contributed by atoms with Crippen molar-refractivity contribution in [3.05, 3.63) is 22.4 Å². The molecule has 1 spiro atoms. The van der Waals surface area contributed by atoms with Crippen LogP contribution >= 0.6 is 11.3 Å². The Hall–Kier alpha value is -2.14. The summed E-state index contributed by atoms with van der Waals surface area (Å²) in [6, 6.07) is 3.86. The summed E-state index contributed by atoms with van der Waals surface area (Å²) in [6.07, 6.45) is -0.889. The van der Waals surface area contributed by atoms with E-state index in [0.717, 1.165) is 56.7 Å². The third-order valence-electron chi connectivity index (χ3n) is 7.37. The monoisotopic (exact) mass is 489 g/mol. The van der Waals surface area contributed by atoms with Crippen molar-refractivity contribution >= 4 is 29.1 Å². The largest absolute Gasteiger partial charge is 0.490 e. The van der Waals surface area contributed by atoms with Crippen LogP contribution in [0.3, 0.4) is 0 Å². The van der Waals surface area contributed by atoms with E-state index in [0.29, 0.717) is 11.8 Å².